The van der Waals surface area contributed by atoms with Gasteiger partial charge in [-0.15, -0.1) is 0 Å². The van der Waals surface area contributed by atoms with Gasteiger partial charge >= 0.3 is 0 Å². The van der Waals surface area contributed by atoms with Crippen LogP contribution in [0.5, 0.6) is 0 Å². The minimum absolute atomic E-state index is 0.154. The molecule has 144 valence electrons. The number of anilines is 1. The lowest BCUT2D eigenvalue weighted by Crippen LogP contribution is -2.36. The first-order valence-corrected chi connectivity index (χ1v) is 10.9. The number of carbonyl (C=O) groups excluding carboxylic acids is 1. The summed E-state index contributed by atoms with van der Waals surface area (Å²) in [6, 6.07) is 9.62. The second kappa shape index (κ2) is 8.19. The van der Waals surface area contributed by atoms with Gasteiger partial charge in [0, 0.05) is 18.8 Å². The van der Waals surface area contributed by atoms with Crippen molar-refractivity contribution in [3.05, 3.63) is 57.6 Å². The van der Waals surface area contributed by atoms with Crippen LogP contribution in [0.2, 0.25) is 10.0 Å². The van der Waals surface area contributed by atoms with E-state index in [9.17, 15) is 13.2 Å². The van der Waals surface area contributed by atoms with Crippen LogP contribution in [0.1, 0.15) is 35.2 Å². The molecule has 0 aliphatic carbocycles. The van der Waals surface area contributed by atoms with E-state index in [1.54, 1.807) is 37.3 Å². The summed E-state index contributed by atoms with van der Waals surface area (Å²) in [5.41, 5.74) is 1.16. The molecule has 1 fully saturated rings. The second-order valence-corrected chi connectivity index (χ2v) is 9.22. The molecule has 1 amide bonds. The lowest BCUT2D eigenvalue weighted by Gasteiger charge is -2.26. The first-order valence-electron chi connectivity index (χ1n) is 8.67. The van der Waals surface area contributed by atoms with E-state index in [1.165, 1.54) is 10.4 Å². The van der Waals surface area contributed by atoms with Crippen LogP contribution in [0, 0.1) is 6.92 Å². The third-order valence-corrected chi connectivity index (χ3v) is 7.24. The van der Waals surface area contributed by atoms with Crippen molar-refractivity contribution in [2.45, 2.75) is 31.1 Å². The number of rotatable bonds is 4. The molecule has 0 aromatic heterocycles. The molecule has 2 aromatic rings. The highest BCUT2D eigenvalue weighted by Gasteiger charge is 2.27. The summed E-state index contributed by atoms with van der Waals surface area (Å²) in [6.45, 7) is 2.79. The van der Waals surface area contributed by atoms with E-state index in [4.69, 9.17) is 23.2 Å². The number of benzene rings is 2. The number of amides is 1. The maximum Gasteiger partial charge on any atom is 0.258 e. The number of carbonyl (C=O) groups is 1. The third kappa shape index (κ3) is 4.29. The van der Waals surface area contributed by atoms with Crippen LogP contribution >= 0.6 is 23.2 Å². The summed E-state index contributed by atoms with van der Waals surface area (Å²) in [7, 11) is -3.60. The minimum atomic E-state index is -3.60. The van der Waals surface area contributed by atoms with Crippen molar-refractivity contribution in [1.82, 2.24) is 4.31 Å². The van der Waals surface area contributed by atoms with E-state index in [0.29, 0.717) is 24.3 Å². The lowest BCUT2D eigenvalue weighted by atomic mass is 10.2. The molecule has 2 aromatic carbocycles. The van der Waals surface area contributed by atoms with Gasteiger partial charge in [-0.3, -0.25) is 4.79 Å². The Labute approximate surface area is 169 Å². The monoisotopic (exact) mass is 426 g/mol. The van der Waals surface area contributed by atoms with Crippen LogP contribution in [0.15, 0.2) is 41.3 Å². The zero-order chi connectivity index (χ0) is 19.6. The van der Waals surface area contributed by atoms with Crippen LogP contribution in [-0.2, 0) is 10.0 Å². The average Bonchev–Trinajstić information content (AvgIpc) is 2.64. The lowest BCUT2D eigenvalue weighted by molar-refractivity contribution is 0.102. The molecule has 27 heavy (non-hydrogen) atoms. The molecule has 1 aliphatic rings. The van der Waals surface area contributed by atoms with Gasteiger partial charge < -0.3 is 5.32 Å². The first-order chi connectivity index (χ1) is 12.8. The molecule has 8 heteroatoms. The number of sulfonamides is 1. The topological polar surface area (TPSA) is 66.5 Å². The summed E-state index contributed by atoms with van der Waals surface area (Å²) < 4.78 is 27.5. The zero-order valence-electron chi connectivity index (χ0n) is 14.8. The van der Waals surface area contributed by atoms with Gasteiger partial charge in [-0.05, 0) is 49.6 Å². The van der Waals surface area contributed by atoms with Crippen molar-refractivity contribution in [3.63, 3.8) is 0 Å². The highest BCUT2D eigenvalue weighted by Crippen LogP contribution is 2.28. The molecule has 0 atom stereocenters. The number of nitrogens with one attached hydrogen (secondary N) is 1. The molecule has 0 spiro atoms. The average molecular weight is 427 g/mol. The van der Waals surface area contributed by atoms with E-state index < -0.39 is 15.9 Å². The minimum Gasteiger partial charge on any atom is -0.322 e. The van der Waals surface area contributed by atoms with Crippen molar-refractivity contribution in [1.29, 1.82) is 0 Å². The summed E-state index contributed by atoms with van der Waals surface area (Å²) in [5.74, 6) is -0.490. The molecule has 1 saturated heterocycles. The van der Waals surface area contributed by atoms with Gasteiger partial charge in [0.1, 0.15) is 0 Å². The zero-order valence-corrected chi connectivity index (χ0v) is 17.2. The van der Waals surface area contributed by atoms with Crippen LogP contribution in [0.4, 0.5) is 5.69 Å². The van der Waals surface area contributed by atoms with Crippen molar-refractivity contribution < 1.29 is 13.2 Å². The number of hydrogen-bond acceptors (Lipinski definition) is 3. The quantitative estimate of drug-likeness (QED) is 0.767. The Kier molecular flexibility index (Phi) is 6.11. The number of aryl methyl sites for hydroxylation is 1. The Hall–Kier alpha value is -1.60. The van der Waals surface area contributed by atoms with Gasteiger partial charge in [-0.1, -0.05) is 41.8 Å². The Morgan fingerprint density at radius 3 is 2.30 bits per heavy atom. The van der Waals surface area contributed by atoms with Crippen LogP contribution in [0.3, 0.4) is 0 Å². The van der Waals surface area contributed by atoms with Crippen LogP contribution < -0.4 is 5.32 Å². The predicted molar refractivity (Wildman–Crippen MR) is 108 cm³/mol. The maximum atomic E-state index is 13.0. The third-order valence-electron chi connectivity index (χ3n) is 4.57. The normalized spacial score (nSPS) is 15.5. The first kappa shape index (κ1) is 20.1. The molecule has 5 nitrogen and oxygen atoms in total. The molecular formula is C19H20Cl2N2O3S. The van der Waals surface area contributed by atoms with Gasteiger partial charge in [0.05, 0.1) is 20.5 Å². The van der Waals surface area contributed by atoms with Gasteiger partial charge in [-0.25, -0.2) is 8.42 Å². The van der Waals surface area contributed by atoms with E-state index in [-0.39, 0.29) is 20.5 Å². The number of nitrogens with zero attached hydrogens (tertiary/aromatic N) is 1. The second-order valence-electron chi connectivity index (χ2n) is 6.50. The van der Waals surface area contributed by atoms with Gasteiger partial charge in [0.25, 0.3) is 5.91 Å². The fourth-order valence-electron chi connectivity index (χ4n) is 3.11. The highest BCUT2D eigenvalue weighted by molar-refractivity contribution is 7.89. The Morgan fingerprint density at radius 1 is 1.04 bits per heavy atom. The maximum absolute atomic E-state index is 13.0. The number of piperidine rings is 1. The molecule has 0 unspecified atom stereocenters. The van der Waals surface area contributed by atoms with E-state index in [2.05, 4.69) is 5.32 Å². The fraction of sp³-hybridized carbons (Fsp3) is 0.316. The molecule has 0 bridgehead atoms. The highest BCUT2D eigenvalue weighted by atomic mass is 35.5. The Bertz CT molecular complexity index is 951. The van der Waals surface area contributed by atoms with E-state index in [0.717, 1.165) is 19.3 Å². The SMILES string of the molecule is Cc1ccc(NC(=O)c2c(Cl)cccc2Cl)cc1S(=O)(=O)N1CCCCC1. The fourth-order valence-corrected chi connectivity index (χ4v) is 5.45. The van der Waals surface area contributed by atoms with Gasteiger partial charge in [0.15, 0.2) is 0 Å². The number of hydrogen-bond donors (Lipinski definition) is 1. The van der Waals surface area contributed by atoms with Crippen molar-refractivity contribution in [3.8, 4) is 0 Å². The molecule has 1 N–H and O–H groups in total. The summed E-state index contributed by atoms with van der Waals surface area (Å²) in [4.78, 5) is 12.8. The van der Waals surface area contributed by atoms with Gasteiger partial charge in [-0.2, -0.15) is 4.31 Å². The Balaban J connectivity index is 1.90. The van der Waals surface area contributed by atoms with Crippen LogP contribution in [-0.4, -0.2) is 31.7 Å². The number of halogens is 2. The molecular weight excluding hydrogens is 407 g/mol. The smallest absolute Gasteiger partial charge is 0.258 e. The molecule has 3 rings (SSSR count). The Morgan fingerprint density at radius 2 is 1.67 bits per heavy atom. The van der Waals surface area contributed by atoms with Crippen LogP contribution in [0.25, 0.3) is 0 Å². The standard InChI is InChI=1S/C19H20Cl2N2O3S/c1-13-8-9-14(22-19(24)18-15(20)6-5-7-16(18)21)12-17(13)27(25,26)23-10-3-2-4-11-23/h5-9,12H,2-4,10-11H2,1H3,(H,22,24). The van der Waals surface area contributed by atoms with E-state index in [1.807, 2.05) is 0 Å². The van der Waals surface area contributed by atoms with Gasteiger partial charge in [0.2, 0.25) is 10.0 Å². The van der Waals surface area contributed by atoms with Crippen molar-refractivity contribution >= 4 is 44.8 Å². The summed E-state index contributed by atoms with van der Waals surface area (Å²) >= 11 is 12.1. The summed E-state index contributed by atoms with van der Waals surface area (Å²) in [5, 5.41) is 3.15. The van der Waals surface area contributed by atoms with E-state index >= 15 is 0 Å². The van der Waals surface area contributed by atoms with Crippen molar-refractivity contribution in [2.24, 2.45) is 0 Å². The molecule has 0 saturated carbocycles. The molecule has 0 radical (unpaired) electrons. The predicted octanol–water partition coefficient (Wildman–Crippen LogP) is 4.73. The summed E-state index contributed by atoms with van der Waals surface area (Å²) in [6.07, 6.45) is 2.76. The largest absolute Gasteiger partial charge is 0.322 e. The molecule has 1 aliphatic heterocycles. The molecule has 1 heterocycles. The van der Waals surface area contributed by atoms with Crippen molar-refractivity contribution in [2.75, 3.05) is 18.4 Å².